The monoisotopic (exact) mass is 149 g/mol. The topological polar surface area (TPSA) is 213 Å². The van der Waals surface area contributed by atoms with Crippen LogP contribution in [0.25, 0.3) is 0 Å². The van der Waals surface area contributed by atoms with Crippen LogP contribution in [0.4, 0.5) is 0 Å². The predicted molar refractivity (Wildman–Crippen MR) is 33.0 cm³/mol. The van der Waals surface area contributed by atoms with E-state index in [9.17, 15) is 0 Å². The average Bonchev–Trinajstić information content (AvgIpc) is 0.918. The van der Waals surface area contributed by atoms with Crippen LogP contribution in [0.3, 0.4) is 0 Å². The Morgan fingerprint density at radius 2 is 0.778 bits per heavy atom. The number of hydrogen-bond donors (Lipinski definition) is 0. The maximum Gasteiger partial charge on any atom is 0.0587 e. The third kappa shape index (κ3) is 355. The molecule has 0 bridgehead atoms. The molecule has 0 aliphatic carbocycles. The smallest absolute Gasteiger partial charge is 0.0587 e. The van der Waals surface area contributed by atoms with E-state index in [2.05, 4.69) is 0 Å². The molecule has 0 spiro atoms. The fraction of sp³-hybridized carbons (Fsp3) is 0.500. The van der Waals surface area contributed by atoms with Gasteiger partial charge in [0.05, 0.1) is 6.07 Å². The summed E-state index contributed by atoms with van der Waals surface area (Å²) in [5.74, 6) is 0. The van der Waals surface area contributed by atoms with Crippen LogP contribution in [0.5, 0.6) is 0 Å². The van der Waals surface area contributed by atoms with Gasteiger partial charge in [0.2, 0.25) is 0 Å². The molecule has 12 N–H and O–H groups in total. The van der Waals surface area contributed by atoms with Gasteiger partial charge in [-0.2, -0.15) is 5.26 Å². The van der Waals surface area contributed by atoms with Gasteiger partial charge >= 0.3 is 0 Å². The van der Waals surface area contributed by atoms with Crippen molar-refractivity contribution in [2.24, 2.45) is 0 Å². The second kappa shape index (κ2) is 4530. The normalized spacial score (nSPS) is 0.889. The number of rotatable bonds is 0. The number of nitriles is 1. The van der Waals surface area contributed by atoms with Crippen molar-refractivity contribution in [3.05, 3.63) is 0 Å². The minimum atomic E-state index is 0. The van der Waals surface area contributed by atoms with Crippen molar-refractivity contribution in [1.29, 1.82) is 5.26 Å². The van der Waals surface area contributed by atoms with Crippen LogP contribution >= 0.6 is 0 Å². The lowest BCUT2D eigenvalue weighted by atomic mass is 11.0. The van der Waals surface area contributed by atoms with Crippen molar-refractivity contribution < 1.29 is 32.9 Å². The first-order chi connectivity index (χ1) is 1.41. The molecule has 0 saturated carbocycles. The fourth-order valence-corrected chi connectivity index (χ4v) is 0. The first kappa shape index (κ1) is 278. The van der Waals surface area contributed by atoms with E-state index in [1.807, 2.05) is 0 Å². The van der Waals surface area contributed by atoms with Gasteiger partial charge in [-0.25, -0.2) is 0 Å². The molecule has 0 atom stereocenters. The van der Waals surface area contributed by atoms with E-state index in [4.69, 9.17) is 5.26 Å². The Kier molecular flexibility index (Phi) is 140000. The van der Waals surface area contributed by atoms with Crippen molar-refractivity contribution in [2.75, 3.05) is 0 Å². The van der Waals surface area contributed by atoms with Crippen molar-refractivity contribution in [2.45, 2.75) is 6.92 Å². The molecule has 0 heterocycles. The van der Waals surface area contributed by atoms with Crippen molar-refractivity contribution in [1.82, 2.24) is 0 Å². The third-order valence-electron chi connectivity index (χ3n) is 0. The second-order valence-electron chi connectivity index (χ2n) is 0.224. The molecule has 0 amide bonds. The minimum Gasteiger partial charge on any atom is -0.412 e. The molecule has 0 saturated heterocycles. The van der Waals surface area contributed by atoms with Crippen molar-refractivity contribution >= 4 is 0 Å². The van der Waals surface area contributed by atoms with Gasteiger partial charge in [-0.05, 0) is 0 Å². The van der Waals surface area contributed by atoms with Gasteiger partial charge in [-0.3, -0.25) is 0 Å². The Hall–Kier alpha value is -0.750. The molecule has 0 aliphatic rings. The molecule has 0 rings (SSSR count). The lowest BCUT2D eigenvalue weighted by Gasteiger charge is -1.15. The van der Waals surface area contributed by atoms with Crippen LogP contribution in [0.15, 0.2) is 0 Å². The number of hydrogen-bond acceptors (Lipinski definition) is 1. The Morgan fingerprint density at radius 3 is 0.778 bits per heavy atom. The van der Waals surface area contributed by atoms with E-state index < -0.39 is 0 Å². The zero-order valence-electron chi connectivity index (χ0n) is 4.95. The summed E-state index contributed by atoms with van der Waals surface area (Å²) in [6.45, 7) is 1.43. The molecule has 0 fully saturated rings. The summed E-state index contributed by atoms with van der Waals surface area (Å²) in [6.07, 6.45) is 0. The SMILES string of the molecule is CC#N.O.O.O.O.O.O. The summed E-state index contributed by atoms with van der Waals surface area (Å²) < 4.78 is 0. The molecular formula is C2H15NO6. The van der Waals surface area contributed by atoms with E-state index in [0.29, 0.717) is 0 Å². The highest BCUT2D eigenvalue weighted by Gasteiger charge is 1.17. The summed E-state index contributed by atoms with van der Waals surface area (Å²) >= 11 is 0. The predicted octanol–water partition coefficient (Wildman–Crippen LogP) is -4.42. The van der Waals surface area contributed by atoms with Crippen LogP contribution in [0.1, 0.15) is 6.92 Å². The Bertz CT molecular complexity index is 32.5. The largest absolute Gasteiger partial charge is 0.412 e. The van der Waals surface area contributed by atoms with E-state index in [1.165, 1.54) is 6.92 Å². The van der Waals surface area contributed by atoms with Gasteiger partial charge in [-0.15, -0.1) is 0 Å². The second-order valence-corrected chi connectivity index (χ2v) is 0.224. The van der Waals surface area contributed by atoms with Crippen LogP contribution < -0.4 is 0 Å². The van der Waals surface area contributed by atoms with E-state index in [-0.39, 0.29) is 32.9 Å². The Morgan fingerprint density at radius 1 is 0.778 bits per heavy atom. The lowest BCUT2D eigenvalue weighted by Crippen LogP contribution is -1.10. The highest BCUT2D eigenvalue weighted by Crippen LogP contribution is 1.21. The number of nitrogens with zero attached hydrogens (tertiary/aromatic N) is 1. The van der Waals surface area contributed by atoms with Crippen LogP contribution in [-0.2, 0) is 0 Å². The molecule has 0 aromatic rings. The van der Waals surface area contributed by atoms with Gasteiger partial charge in [0.1, 0.15) is 0 Å². The standard InChI is InChI=1S/C2H3N.6H2O/c1-2-3;;;;;;/h1H3;6*1H2. The summed E-state index contributed by atoms with van der Waals surface area (Å²) in [6, 6.07) is 1.75. The summed E-state index contributed by atoms with van der Waals surface area (Å²) in [5.41, 5.74) is 0. The fourth-order valence-electron chi connectivity index (χ4n) is 0. The molecule has 0 aromatic heterocycles. The molecular weight excluding hydrogens is 134 g/mol. The molecule has 0 aromatic carbocycles. The highest BCUT2D eigenvalue weighted by molar-refractivity contribution is 4.51. The Balaban J connectivity index is -0.00000000133. The molecule has 7 nitrogen and oxygen atoms in total. The van der Waals surface area contributed by atoms with E-state index >= 15 is 0 Å². The average molecular weight is 149 g/mol. The van der Waals surface area contributed by atoms with Crippen LogP contribution in [0.2, 0.25) is 0 Å². The van der Waals surface area contributed by atoms with Gasteiger partial charge in [0.15, 0.2) is 0 Å². The summed E-state index contributed by atoms with van der Waals surface area (Å²) in [5, 5.41) is 7.32. The third-order valence-corrected chi connectivity index (χ3v) is 0. The van der Waals surface area contributed by atoms with Crippen molar-refractivity contribution in [3.63, 3.8) is 0 Å². The zero-order valence-corrected chi connectivity index (χ0v) is 4.95. The molecule has 0 aliphatic heterocycles. The zero-order chi connectivity index (χ0) is 2.71. The molecule has 0 unspecified atom stereocenters. The molecule has 9 heavy (non-hydrogen) atoms. The maximum atomic E-state index is 7.32. The molecule has 0 radical (unpaired) electrons. The first-order valence-electron chi connectivity index (χ1n) is 0.724. The first-order valence-corrected chi connectivity index (χ1v) is 0.724. The van der Waals surface area contributed by atoms with Gasteiger partial charge in [0, 0.05) is 6.92 Å². The van der Waals surface area contributed by atoms with Crippen LogP contribution in [-0.4, -0.2) is 32.9 Å². The molecule has 7 heteroatoms. The minimum absolute atomic E-state index is 0. The van der Waals surface area contributed by atoms with E-state index in [1.54, 1.807) is 6.07 Å². The highest BCUT2D eigenvalue weighted by atomic mass is 16.0. The molecule has 64 valence electrons. The van der Waals surface area contributed by atoms with E-state index in [0.717, 1.165) is 0 Å². The maximum absolute atomic E-state index is 7.32. The van der Waals surface area contributed by atoms with Gasteiger partial charge < -0.3 is 32.9 Å². The Labute approximate surface area is 52.4 Å². The summed E-state index contributed by atoms with van der Waals surface area (Å²) in [7, 11) is 0. The lowest BCUT2D eigenvalue weighted by molar-refractivity contribution is 0.823. The van der Waals surface area contributed by atoms with Gasteiger partial charge in [0.25, 0.3) is 0 Å². The van der Waals surface area contributed by atoms with Crippen molar-refractivity contribution in [3.8, 4) is 6.07 Å². The van der Waals surface area contributed by atoms with Crippen LogP contribution in [0, 0.1) is 11.3 Å². The van der Waals surface area contributed by atoms with Gasteiger partial charge in [-0.1, -0.05) is 0 Å². The quantitative estimate of drug-likeness (QED) is 0.327. The summed E-state index contributed by atoms with van der Waals surface area (Å²) in [4.78, 5) is 0.